The number of fused-ring (bicyclic) bond motifs is 1. The summed E-state index contributed by atoms with van der Waals surface area (Å²) >= 11 is 0. The number of anilines is 1. The Bertz CT molecular complexity index is 821. The Kier molecular flexibility index (Phi) is 5.57. The minimum atomic E-state index is -0.0481. The van der Waals surface area contributed by atoms with E-state index < -0.39 is 0 Å². The van der Waals surface area contributed by atoms with Crippen LogP contribution < -0.4 is 14.4 Å². The van der Waals surface area contributed by atoms with Crippen LogP contribution in [0.1, 0.15) is 11.3 Å². The van der Waals surface area contributed by atoms with Gasteiger partial charge in [0.25, 0.3) is 5.91 Å². The number of amides is 1. The number of aromatic nitrogens is 2. The Morgan fingerprint density at radius 1 is 1.14 bits per heavy atom. The lowest BCUT2D eigenvalue weighted by molar-refractivity contribution is -0.134. The summed E-state index contributed by atoms with van der Waals surface area (Å²) in [4.78, 5) is 25.7. The molecule has 8 heteroatoms. The maximum atomic E-state index is 12.6. The highest BCUT2D eigenvalue weighted by Gasteiger charge is 2.24. The lowest BCUT2D eigenvalue weighted by atomic mass is 10.1. The van der Waals surface area contributed by atoms with Crippen molar-refractivity contribution in [1.82, 2.24) is 14.9 Å². The fourth-order valence-electron chi connectivity index (χ4n) is 3.33. The Balaban J connectivity index is 1.37. The molecule has 0 unspecified atom stereocenters. The molecule has 3 heterocycles. The van der Waals surface area contributed by atoms with Crippen molar-refractivity contribution < 1.29 is 19.0 Å². The van der Waals surface area contributed by atoms with E-state index in [0.29, 0.717) is 38.0 Å². The summed E-state index contributed by atoms with van der Waals surface area (Å²) in [6, 6.07) is 7.20. The zero-order chi connectivity index (χ0) is 19.3. The maximum Gasteiger partial charge on any atom is 0.260 e. The fourth-order valence-corrected chi connectivity index (χ4v) is 3.33. The molecule has 2 aliphatic heterocycles. The van der Waals surface area contributed by atoms with Crippen LogP contribution in [0.4, 0.5) is 5.95 Å². The van der Waals surface area contributed by atoms with Crippen LogP contribution in [-0.4, -0.2) is 67.3 Å². The van der Waals surface area contributed by atoms with E-state index in [0.717, 1.165) is 36.5 Å². The third-order valence-electron chi connectivity index (χ3n) is 5.00. The Morgan fingerprint density at radius 3 is 2.64 bits per heavy atom. The van der Waals surface area contributed by atoms with Gasteiger partial charge in [0.05, 0.1) is 32.6 Å². The van der Waals surface area contributed by atoms with Crippen molar-refractivity contribution in [1.29, 1.82) is 0 Å². The van der Waals surface area contributed by atoms with Crippen molar-refractivity contribution in [2.75, 3.05) is 51.5 Å². The highest BCUT2D eigenvalue weighted by molar-refractivity contribution is 5.78. The number of carbonyl (C=O) groups is 1. The number of hydrogen-bond acceptors (Lipinski definition) is 7. The average Bonchev–Trinajstić information content (AvgIpc) is 2.77. The monoisotopic (exact) mass is 384 g/mol. The lowest BCUT2D eigenvalue weighted by Gasteiger charge is -2.30. The summed E-state index contributed by atoms with van der Waals surface area (Å²) in [5.41, 5.74) is 2.03. The second-order valence-electron chi connectivity index (χ2n) is 6.77. The normalized spacial score (nSPS) is 16.5. The molecule has 4 rings (SSSR count). The van der Waals surface area contributed by atoms with Gasteiger partial charge >= 0.3 is 0 Å². The van der Waals surface area contributed by atoms with Crippen LogP contribution in [0.2, 0.25) is 0 Å². The molecule has 148 valence electrons. The van der Waals surface area contributed by atoms with Crippen LogP contribution in [-0.2, 0) is 22.5 Å². The summed E-state index contributed by atoms with van der Waals surface area (Å²) < 4.78 is 16.1. The first-order valence-electron chi connectivity index (χ1n) is 9.45. The van der Waals surface area contributed by atoms with E-state index in [1.165, 1.54) is 0 Å². The number of methoxy groups -OCH3 is 1. The van der Waals surface area contributed by atoms with Crippen LogP contribution in [0.5, 0.6) is 11.5 Å². The van der Waals surface area contributed by atoms with E-state index in [-0.39, 0.29) is 12.5 Å². The van der Waals surface area contributed by atoms with Crippen LogP contribution in [0.15, 0.2) is 30.5 Å². The van der Waals surface area contributed by atoms with Crippen molar-refractivity contribution >= 4 is 11.9 Å². The number of nitrogens with zero attached hydrogens (tertiary/aromatic N) is 4. The van der Waals surface area contributed by atoms with Crippen molar-refractivity contribution in [2.24, 2.45) is 0 Å². The molecule has 1 aromatic carbocycles. The molecule has 0 bridgehead atoms. The van der Waals surface area contributed by atoms with Gasteiger partial charge in [0.1, 0.15) is 11.5 Å². The smallest absolute Gasteiger partial charge is 0.260 e. The molecule has 1 saturated heterocycles. The Labute approximate surface area is 164 Å². The Morgan fingerprint density at radius 2 is 1.89 bits per heavy atom. The minimum Gasteiger partial charge on any atom is -0.497 e. The highest BCUT2D eigenvalue weighted by atomic mass is 16.5. The van der Waals surface area contributed by atoms with Crippen molar-refractivity contribution in [3.05, 3.63) is 41.7 Å². The van der Waals surface area contributed by atoms with E-state index in [1.54, 1.807) is 36.3 Å². The van der Waals surface area contributed by atoms with E-state index >= 15 is 0 Å². The van der Waals surface area contributed by atoms with Crippen LogP contribution in [0.3, 0.4) is 0 Å². The predicted octanol–water partition coefficient (Wildman–Crippen LogP) is 1.29. The number of hydrogen-bond donors (Lipinski definition) is 0. The summed E-state index contributed by atoms with van der Waals surface area (Å²) in [7, 11) is 1.61. The third kappa shape index (κ3) is 4.17. The molecule has 28 heavy (non-hydrogen) atoms. The van der Waals surface area contributed by atoms with Gasteiger partial charge in [0, 0.05) is 25.8 Å². The van der Waals surface area contributed by atoms with Gasteiger partial charge < -0.3 is 24.0 Å². The molecule has 1 amide bonds. The molecular weight excluding hydrogens is 360 g/mol. The SMILES string of the molecule is COc1ccc(OCC(=O)N2CCc3cnc(N4CCOCC4)nc3C2)cc1. The molecule has 8 nitrogen and oxygen atoms in total. The largest absolute Gasteiger partial charge is 0.497 e. The van der Waals surface area contributed by atoms with Crippen molar-refractivity contribution in [2.45, 2.75) is 13.0 Å². The quantitative estimate of drug-likeness (QED) is 0.769. The highest BCUT2D eigenvalue weighted by Crippen LogP contribution is 2.21. The molecule has 2 aromatic rings. The van der Waals surface area contributed by atoms with Gasteiger partial charge in [-0.15, -0.1) is 0 Å². The predicted molar refractivity (Wildman–Crippen MR) is 103 cm³/mol. The first kappa shape index (κ1) is 18.5. The van der Waals surface area contributed by atoms with Gasteiger partial charge in [-0.2, -0.15) is 0 Å². The number of ether oxygens (including phenoxy) is 3. The number of carbonyl (C=O) groups excluding carboxylic acids is 1. The molecule has 1 aromatic heterocycles. The zero-order valence-electron chi connectivity index (χ0n) is 16.0. The van der Waals surface area contributed by atoms with Gasteiger partial charge in [0.15, 0.2) is 6.61 Å². The number of morpholine rings is 1. The maximum absolute atomic E-state index is 12.6. The third-order valence-corrected chi connectivity index (χ3v) is 5.00. The second kappa shape index (κ2) is 8.43. The minimum absolute atomic E-state index is 0.00304. The molecule has 0 N–H and O–H groups in total. The van der Waals surface area contributed by atoms with Crippen LogP contribution >= 0.6 is 0 Å². The van der Waals surface area contributed by atoms with Gasteiger partial charge in [-0.1, -0.05) is 0 Å². The number of rotatable bonds is 5. The molecule has 0 spiro atoms. The van der Waals surface area contributed by atoms with E-state index in [2.05, 4.69) is 9.88 Å². The second-order valence-corrected chi connectivity index (χ2v) is 6.77. The van der Waals surface area contributed by atoms with Gasteiger partial charge in [-0.3, -0.25) is 4.79 Å². The first-order chi connectivity index (χ1) is 13.7. The molecular formula is C20H24N4O4. The van der Waals surface area contributed by atoms with Gasteiger partial charge in [0.2, 0.25) is 5.95 Å². The number of benzene rings is 1. The molecule has 0 atom stereocenters. The van der Waals surface area contributed by atoms with E-state index in [9.17, 15) is 4.79 Å². The van der Waals surface area contributed by atoms with Gasteiger partial charge in [-0.25, -0.2) is 9.97 Å². The molecule has 1 fully saturated rings. The fraction of sp³-hybridized carbons (Fsp3) is 0.450. The van der Waals surface area contributed by atoms with E-state index in [1.807, 2.05) is 6.20 Å². The summed E-state index contributed by atoms with van der Waals surface area (Å²) in [6.45, 7) is 4.09. The van der Waals surface area contributed by atoms with Crippen molar-refractivity contribution in [3.63, 3.8) is 0 Å². The first-order valence-corrected chi connectivity index (χ1v) is 9.45. The van der Waals surface area contributed by atoms with E-state index in [4.69, 9.17) is 19.2 Å². The summed E-state index contributed by atoms with van der Waals surface area (Å²) in [5.74, 6) is 2.06. The average molecular weight is 384 g/mol. The van der Waals surface area contributed by atoms with Crippen molar-refractivity contribution in [3.8, 4) is 11.5 Å². The van der Waals surface area contributed by atoms with Crippen LogP contribution in [0.25, 0.3) is 0 Å². The molecule has 0 aliphatic carbocycles. The molecule has 0 saturated carbocycles. The summed E-state index contributed by atoms with van der Waals surface area (Å²) in [5, 5.41) is 0. The molecule has 0 radical (unpaired) electrons. The standard InChI is InChI=1S/C20H24N4O4/c1-26-16-2-4-17(5-3-16)28-14-19(25)24-7-6-15-12-21-20(22-18(15)13-24)23-8-10-27-11-9-23/h2-5,12H,6-11,13-14H2,1H3. The Hall–Kier alpha value is -2.87. The zero-order valence-corrected chi connectivity index (χ0v) is 16.0. The molecule has 2 aliphatic rings. The van der Waals surface area contributed by atoms with Crippen LogP contribution in [0, 0.1) is 0 Å². The lowest BCUT2D eigenvalue weighted by Crippen LogP contribution is -2.40. The summed E-state index contributed by atoms with van der Waals surface area (Å²) in [6.07, 6.45) is 2.65. The van der Waals surface area contributed by atoms with Gasteiger partial charge in [-0.05, 0) is 36.2 Å². The topological polar surface area (TPSA) is 77.0 Å².